The molecule has 0 unspecified atom stereocenters. The van der Waals surface area contributed by atoms with E-state index in [1.807, 2.05) is 22.6 Å². The van der Waals surface area contributed by atoms with E-state index in [0.29, 0.717) is 12.0 Å². The summed E-state index contributed by atoms with van der Waals surface area (Å²) in [7, 11) is 0. The van der Waals surface area contributed by atoms with Gasteiger partial charge in [-0.1, -0.05) is 55.2 Å². The number of rotatable bonds is 7. The molecule has 0 spiro atoms. The topological polar surface area (TPSA) is 37.3 Å². The maximum absolute atomic E-state index is 10.6. The number of halogens is 1. The first-order valence-corrected chi connectivity index (χ1v) is 5.99. The number of carboxylic acid groups (broad SMARTS) is 1. The molecule has 1 N–H and O–H groups in total. The Morgan fingerprint density at radius 1 is 1.31 bits per heavy atom. The molecule has 0 aromatic heterocycles. The largest absolute Gasteiger partial charge is 0.478 e. The van der Waals surface area contributed by atoms with Crippen LogP contribution in [0.4, 0.5) is 0 Å². The first kappa shape index (κ1) is 12.9. The average molecular weight is 296 g/mol. The van der Waals surface area contributed by atoms with Crippen molar-refractivity contribution in [2.24, 2.45) is 0 Å². The molecule has 76 valence electrons. The van der Waals surface area contributed by atoms with E-state index in [1.54, 1.807) is 4.08 Å². The fourth-order valence-electron chi connectivity index (χ4n) is 1.13. The van der Waals surface area contributed by atoms with Gasteiger partial charge in [0.1, 0.15) is 0 Å². The molecular formula is C10H17IO2. The van der Waals surface area contributed by atoms with E-state index in [0.717, 1.165) is 12.8 Å². The Morgan fingerprint density at radius 2 is 1.92 bits per heavy atom. The molecule has 13 heavy (non-hydrogen) atoms. The third kappa shape index (κ3) is 7.05. The molecule has 0 rings (SSSR count). The highest BCUT2D eigenvalue weighted by Gasteiger charge is 2.04. The van der Waals surface area contributed by atoms with Gasteiger partial charge in [0.15, 0.2) is 0 Å². The Labute approximate surface area is 93.6 Å². The predicted molar refractivity (Wildman–Crippen MR) is 63.1 cm³/mol. The molecule has 3 heteroatoms. The normalized spacial score (nSPS) is 11.7. The first-order valence-electron chi connectivity index (χ1n) is 4.75. The fraction of sp³-hybridized carbons (Fsp3) is 0.700. The monoisotopic (exact) mass is 296 g/mol. The Balaban J connectivity index is 3.46. The summed E-state index contributed by atoms with van der Waals surface area (Å²) in [4.78, 5) is 10.6. The number of carboxylic acids is 1. The van der Waals surface area contributed by atoms with E-state index in [1.165, 1.54) is 19.3 Å². The predicted octanol–water partition coefficient (Wildman–Crippen LogP) is 3.75. The smallest absolute Gasteiger partial charge is 0.332 e. The summed E-state index contributed by atoms with van der Waals surface area (Å²) in [6, 6.07) is 0. The number of hydrogen-bond donors (Lipinski definition) is 1. The minimum Gasteiger partial charge on any atom is -0.478 e. The molecule has 0 aliphatic rings. The Hall–Kier alpha value is -0.0600. The molecule has 0 saturated heterocycles. The van der Waals surface area contributed by atoms with Crippen LogP contribution in [0.25, 0.3) is 0 Å². The molecule has 0 aromatic rings. The molecule has 2 nitrogen and oxygen atoms in total. The minimum atomic E-state index is -0.773. The summed E-state index contributed by atoms with van der Waals surface area (Å²) >= 11 is 1.99. The third-order valence-electron chi connectivity index (χ3n) is 1.96. The van der Waals surface area contributed by atoms with E-state index in [9.17, 15) is 4.79 Å². The number of aliphatic carboxylic acids is 1. The van der Waals surface area contributed by atoms with Crippen LogP contribution in [0, 0.1) is 0 Å². The van der Waals surface area contributed by atoms with Gasteiger partial charge >= 0.3 is 5.97 Å². The van der Waals surface area contributed by atoms with Gasteiger partial charge in [-0.3, -0.25) is 0 Å². The third-order valence-corrected chi connectivity index (χ3v) is 2.71. The van der Waals surface area contributed by atoms with Crippen LogP contribution in [0.5, 0.6) is 0 Å². The van der Waals surface area contributed by atoms with Gasteiger partial charge in [0, 0.05) is 5.57 Å². The molecule has 0 atom stereocenters. The second-order valence-corrected chi connectivity index (χ2v) is 3.73. The van der Waals surface area contributed by atoms with Crippen molar-refractivity contribution in [3.05, 3.63) is 9.66 Å². The second kappa shape index (κ2) is 8.53. The molecule has 0 amide bonds. The molecule has 0 aliphatic heterocycles. The molecule has 0 saturated carbocycles. The molecular weight excluding hydrogens is 279 g/mol. The molecule has 0 fully saturated rings. The van der Waals surface area contributed by atoms with Gasteiger partial charge in [0.05, 0.1) is 0 Å². The van der Waals surface area contributed by atoms with Gasteiger partial charge in [-0.25, -0.2) is 4.79 Å². The number of carbonyl (C=O) groups is 1. The standard InChI is InChI=1S/C10H17IO2/c1-2-3-4-5-6-7-9(8-11)10(12)13/h8H,2-7H2,1H3,(H,12,13). The van der Waals surface area contributed by atoms with Crippen molar-refractivity contribution in [2.75, 3.05) is 0 Å². The minimum absolute atomic E-state index is 0.539. The number of hydrogen-bond acceptors (Lipinski definition) is 1. The van der Waals surface area contributed by atoms with E-state index >= 15 is 0 Å². The van der Waals surface area contributed by atoms with Gasteiger partial charge in [0.25, 0.3) is 0 Å². The zero-order valence-corrected chi connectivity index (χ0v) is 10.2. The summed E-state index contributed by atoms with van der Waals surface area (Å²) in [5, 5.41) is 8.70. The maximum atomic E-state index is 10.6. The van der Waals surface area contributed by atoms with Gasteiger partial charge in [0.2, 0.25) is 0 Å². The molecule has 0 radical (unpaired) electrons. The molecule has 0 aromatic carbocycles. The Kier molecular flexibility index (Phi) is 8.49. The van der Waals surface area contributed by atoms with Crippen LogP contribution in [-0.4, -0.2) is 11.1 Å². The van der Waals surface area contributed by atoms with Crippen molar-refractivity contribution >= 4 is 28.6 Å². The lowest BCUT2D eigenvalue weighted by Crippen LogP contribution is -1.99. The van der Waals surface area contributed by atoms with Crippen molar-refractivity contribution in [3.8, 4) is 0 Å². The van der Waals surface area contributed by atoms with Crippen molar-refractivity contribution in [1.82, 2.24) is 0 Å². The van der Waals surface area contributed by atoms with E-state index in [4.69, 9.17) is 5.11 Å². The van der Waals surface area contributed by atoms with Gasteiger partial charge in [-0.05, 0) is 16.9 Å². The van der Waals surface area contributed by atoms with Crippen LogP contribution in [0.1, 0.15) is 45.4 Å². The molecule has 0 bridgehead atoms. The summed E-state index contributed by atoms with van der Waals surface area (Å²) < 4.78 is 1.67. The van der Waals surface area contributed by atoms with Crippen LogP contribution >= 0.6 is 22.6 Å². The zero-order valence-electron chi connectivity index (χ0n) is 8.05. The lowest BCUT2D eigenvalue weighted by Gasteiger charge is -2.00. The molecule has 0 heterocycles. The maximum Gasteiger partial charge on any atom is 0.332 e. The SMILES string of the molecule is CCCCCCCC(=CI)C(=O)O. The highest BCUT2D eigenvalue weighted by molar-refractivity contribution is 14.1. The highest BCUT2D eigenvalue weighted by atomic mass is 127. The highest BCUT2D eigenvalue weighted by Crippen LogP contribution is 2.12. The van der Waals surface area contributed by atoms with Crippen molar-refractivity contribution in [2.45, 2.75) is 45.4 Å². The number of unbranched alkanes of at least 4 members (excludes halogenated alkanes) is 4. The van der Waals surface area contributed by atoms with Crippen LogP contribution in [0.15, 0.2) is 9.66 Å². The summed E-state index contributed by atoms with van der Waals surface area (Å²) in [5.74, 6) is -0.773. The van der Waals surface area contributed by atoms with E-state index in [-0.39, 0.29) is 0 Å². The van der Waals surface area contributed by atoms with Crippen LogP contribution in [-0.2, 0) is 4.79 Å². The lowest BCUT2D eigenvalue weighted by atomic mass is 10.1. The summed E-state index contributed by atoms with van der Waals surface area (Å²) in [6.07, 6.45) is 6.58. The summed E-state index contributed by atoms with van der Waals surface area (Å²) in [6.45, 7) is 2.17. The zero-order chi connectivity index (χ0) is 10.1. The quantitative estimate of drug-likeness (QED) is 0.441. The second-order valence-electron chi connectivity index (χ2n) is 3.10. The average Bonchev–Trinajstić information content (AvgIpc) is 2.10. The fourth-order valence-corrected chi connectivity index (χ4v) is 1.70. The van der Waals surface area contributed by atoms with E-state index < -0.39 is 5.97 Å². The van der Waals surface area contributed by atoms with Crippen LogP contribution < -0.4 is 0 Å². The Morgan fingerprint density at radius 3 is 2.38 bits per heavy atom. The van der Waals surface area contributed by atoms with Crippen LogP contribution in [0.3, 0.4) is 0 Å². The summed E-state index contributed by atoms with van der Waals surface area (Å²) in [5.41, 5.74) is 0.539. The van der Waals surface area contributed by atoms with Crippen molar-refractivity contribution in [1.29, 1.82) is 0 Å². The van der Waals surface area contributed by atoms with Gasteiger partial charge < -0.3 is 5.11 Å². The van der Waals surface area contributed by atoms with Gasteiger partial charge in [-0.15, -0.1) is 0 Å². The molecule has 0 aliphatic carbocycles. The lowest BCUT2D eigenvalue weighted by molar-refractivity contribution is -0.132. The van der Waals surface area contributed by atoms with Crippen molar-refractivity contribution in [3.63, 3.8) is 0 Å². The van der Waals surface area contributed by atoms with Crippen molar-refractivity contribution < 1.29 is 9.90 Å². The van der Waals surface area contributed by atoms with Gasteiger partial charge in [-0.2, -0.15) is 0 Å². The first-order chi connectivity index (χ1) is 6.22. The van der Waals surface area contributed by atoms with Crippen LogP contribution in [0.2, 0.25) is 0 Å². The Bertz CT molecular complexity index is 176. The van der Waals surface area contributed by atoms with E-state index in [2.05, 4.69) is 6.92 Å².